The maximum atomic E-state index is 12.1. The SMILES string of the molecule is CC(C)CC(=O)CNC(=O)CCCCCCCCCCC(=O)NC(C(=O)NC(C)C)C(C)O. The van der Waals surface area contributed by atoms with E-state index in [0.717, 1.165) is 51.4 Å². The summed E-state index contributed by atoms with van der Waals surface area (Å²) in [7, 11) is 0. The van der Waals surface area contributed by atoms with Crippen LogP contribution in [0.2, 0.25) is 0 Å². The first-order valence-corrected chi connectivity index (χ1v) is 12.6. The molecule has 0 heterocycles. The number of nitrogens with one attached hydrogen (secondary N) is 3. The van der Waals surface area contributed by atoms with E-state index >= 15 is 0 Å². The fourth-order valence-electron chi connectivity index (χ4n) is 3.47. The number of hydrogen-bond donors (Lipinski definition) is 4. The molecule has 0 bridgehead atoms. The van der Waals surface area contributed by atoms with Crippen molar-refractivity contribution in [2.45, 2.75) is 123 Å². The summed E-state index contributed by atoms with van der Waals surface area (Å²) < 4.78 is 0. The van der Waals surface area contributed by atoms with Crippen LogP contribution in [0.25, 0.3) is 0 Å². The van der Waals surface area contributed by atoms with E-state index in [1.807, 2.05) is 27.7 Å². The normalized spacial score (nSPS) is 13.0. The Labute approximate surface area is 200 Å². The number of hydrogen-bond acceptors (Lipinski definition) is 5. The van der Waals surface area contributed by atoms with E-state index in [0.29, 0.717) is 25.2 Å². The Bertz CT molecular complexity index is 591. The summed E-state index contributed by atoms with van der Waals surface area (Å²) in [6, 6.07) is -0.986. The number of amides is 3. The maximum absolute atomic E-state index is 12.1. The van der Waals surface area contributed by atoms with E-state index < -0.39 is 12.1 Å². The van der Waals surface area contributed by atoms with Crippen LogP contribution >= 0.6 is 0 Å². The third-order valence-electron chi connectivity index (χ3n) is 5.19. The molecule has 0 aromatic rings. The van der Waals surface area contributed by atoms with Gasteiger partial charge in [-0.15, -0.1) is 0 Å². The quantitative estimate of drug-likeness (QED) is 0.216. The fraction of sp³-hybridized carbons (Fsp3) is 0.840. The molecule has 0 aromatic carbocycles. The Kier molecular flexibility index (Phi) is 17.4. The molecule has 0 saturated carbocycles. The lowest BCUT2D eigenvalue weighted by Crippen LogP contribution is -2.53. The standard InChI is InChI=1S/C25H47N3O5/c1-18(2)16-21(30)17-26-22(31)14-12-10-8-6-7-9-11-13-15-23(32)28-24(20(5)29)25(33)27-19(3)4/h18-20,24,29H,6-17H2,1-5H3,(H,26,31)(H,27,33)(H,28,32). The van der Waals surface area contributed by atoms with Gasteiger partial charge in [-0.25, -0.2) is 0 Å². The van der Waals surface area contributed by atoms with Gasteiger partial charge in [-0.2, -0.15) is 0 Å². The van der Waals surface area contributed by atoms with E-state index in [-0.39, 0.29) is 36.1 Å². The van der Waals surface area contributed by atoms with Crippen molar-refractivity contribution in [3.05, 3.63) is 0 Å². The van der Waals surface area contributed by atoms with Gasteiger partial charge < -0.3 is 21.1 Å². The van der Waals surface area contributed by atoms with Gasteiger partial charge >= 0.3 is 0 Å². The van der Waals surface area contributed by atoms with E-state index in [4.69, 9.17) is 0 Å². The number of aliphatic hydroxyl groups excluding tert-OH is 1. The zero-order valence-electron chi connectivity index (χ0n) is 21.4. The number of carbonyl (C=O) groups excluding carboxylic acids is 4. The molecule has 2 atom stereocenters. The second kappa shape index (κ2) is 18.5. The van der Waals surface area contributed by atoms with Gasteiger partial charge in [-0.05, 0) is 39.5 Å². The molecule has 33 heavy (non-hydrogen) atoms. The van der Waals surface area contributed by atoms with E-state index in [1.54, 1.807) is 0 Å². The number of aliphatic hydroxyl groups is 1. The minimum atomic E-state index is -0.953. The van der Waals surface area contributed by atoms with Crippen LogP contribution in [0.1, 0.15) is 105 Å². The average molecular weight is 470 g/mol. The molecule has 0 saturated heterocycles. The molecule has 0 fully saturated rings. The molecule has 3 amide bonds. The Morgan fingerprint density at radius 3 is 1.64 bits per heavy atom. The van der Waals surface area contributed by atoms with Crippen molar-refractivity contribution in [3.8, 4) is 0 Å². The van der Waals surface area contributed by atoms with Gasteiger partial charge in [0.05, 0.1) is 12.6 Å². The van der Waals surface area contributed by atoms with Gasteiger partial charge in [0.1, 0.15) is 6.04 Å². The van der Waals surface area contributed by atoms with E-state index in [2.05, 4.69) is 16.0 Å². The predicted octanol–water partition coefficient (Wildman–Crippen LogP) is 3.01. The monoisotopic (exact) mass is 469 g/mol. The van der Waals surface area contributed by atoms with Crippen LogP contribution in [-0.4, -0.2) is 53.3 Å². The Morgan fingerprint density at radius 1 is 0.697 bits per heavy atom. The molecule has 2 unspecified atom stereocenters. The summed E-state index contributed by atoms with van der Waals surface area (Å²) in [6.45, 7) is 9.26. The summed E-state index contributed by atoms with van der Waals surface area (Å²) in [5.74, 6) is -0.244. The molecular weight excluding hydrogens is 422 g/mol. The molecule has 0 radical (unpaired) electrons. The van der Waals surface area contributed by atoms with Crippen LogP contribution in [-0.2, 0) is 19.2 Å². The highest BCUT2D eigenvalue weighted by atomic mass is 16.3. The minimum Gasteiger partial charge on any atom is -0.391 e. The van der Waals surface area contributed by atoms with Crippen molar-refractivity contribution < 1.29 is 24.3 Å². The highest BCUT2D eigenvalue weighted by Crippen LogP contribution is 2.11. The molecule has 0 aliphatic rings. The fourth-order valence-corrected chi connectivity index (χ4v) is 3.47. The van der Waals surface area contributed by atoms with Gasteiger partial charge in [-0.1, -0.05) is 52.4 Å². The smallest absolute Gasteiger partial charge is 0.245 e. The number of Topliss-reactive ketones (excluding diaryl/α,β-unsaturated/α-hetero) is 1. The summed E-state index contributed by atoms with van der Waals surface area (Å²) in [6.07, 6.45) is 8.17. The highest BCUT2D eigenvalue weighted by molar-refractivity contribution is 5.88. The van der Waals surface area contributed by atoms with Crippen LogP contribution < -0.4 is 16.0 Å². The summed E-state index contributed by atoms with van der Waals surface area (Å²) in [4.78, 5) is 47.5. The predicted molar refractivity (Wildman–Crippen MR) is 131 cm³/mol. The van der Waals surface area contributed by atoms with Crippen molar-refractivity contribution in [1.82, 2.24) is 16.0 Å². The molecule has 8 heteroatoms. The highest BCUT2D eigenvalue weighted by Gasteiger charge is 2.25. The lowest BCUT2D eigenvalue weighted by molar-refractivity contribution is -0.131. The van der Waals surface area contributed by atoms with Gasteiger partial charge in [0.2, 0.25) is 17.7 Å². The second-order valence-electron chi connectivity index (χ2n) is 9.69. The van der Waals surface area contributed by atoms with Crippen LogP contribution in [0.15, 0.2) is 0 Å². The molecule has 4 N–H and O–H groups in total. The Balaban J connectivity index is 3.71. The number of carbonyl (C=O) groups is 4. The Morgan fingerprint density at radius 2 is 1.18 bits per heavy atom. The summed E-state index contributed by atoms with van der Waals surface area (Å²) in [5.41, 5.74) is 0. The average Bonchev–Trinajstić information content (AvgIpc) is 2.70. The molecule has 0 aliphatic heterocycles. The molecule has 8 nitrogen and oxygen atoms in total. The lowest BCUT2D eigenvalue weighted by Gasteiger charge is -2.22. The van der Waals surface area contributed by atoms with Gasteiger partial charge in [0.25, 0.3) is 0 Å². The van der Waals surface area contributed by atoms with E-state index in [9.17, 15) is 24.3 Å². The first kappa shape index (κ1) is 31.0. The van der Waals surface area contributed by atoms with Crippen molar-refractivity contribution in [2.75, 3.05) is 6.54 Å². The van der Waals surface area contributed by atoms with Crippen molar-refractivity contribution in [2.24, 2.45) is 5.92 Å². The molecule has 192 valence electrons. The first-order chi connectivity index (χ1) is 15.5. The lowest BCUT2D eigenvalue weighted by atomic mass is 10.1. The second-order valence-corrected chi connectivity index (χ2v) is 9.69. The van der Waals surface area contributed by atoms with Crippen LogP contribution in [0.5, 0.6) is 0 Å². The third kappa shape index (κ3) is 18.2. The maximum Gasteiger partial charge on any atom is 0.245 e. The third-order valence-corrected chi connectivity index (χ3v) is 5.19. The number of ketones is 1. The van der Waals surface area contributed by atoms with Gasteiger partial charge in [0.15, 0.2) is 5.78 Å². The van der Waals surface area contributed by atoms with Gasteiger partial charge in [0, 0.05) is 25.3 Å². The van der Waals surface area contributed by atoms with Crippen molar-refractivity contribution in [3.63, 3.8) is 0 Å². The first-order valence-electron chi connectivity index (χ1n) is 12.6. The summed E-state index contributed by atoms with van der Waals surface area (Å²) in [5, 5.41) is 17.8. The zero-order chi connectivity index (χ0) is 25.2. The number of rotatable bonds is 19. The van der Waals surface area contributed by atoms with Crippen LogP contribution in [0.4, 0.5) is 0 Å². The van der Waals surface area contributed by atoms with Gasteiger partial charge in [-0.3, -0.25) is 19.2 Å². The molecule has 0 aromatic heterocycles. The van der Waals surface area contributed by atoms with Crippen molar-refractivity contribution >= 4 is 23.5 Å². The van der Waals surface area contributed by atoms with E-state index in [1.165, 1.54) is 6.92 Å². The Hall–Kier alpha value is -1.96. The molecular formula is C25H47N3O5. The molecule has 0 spiro atoms. The minimum absolute atomic E-state index is 0.0510. The zero-order valence-corrected chi connectivity index (χ0v) is 21.4. The van der Waals surface area contributed by atoms with Crippen LogP contribution in [0, 0.1) is 5.92 Å². The van der Waals surface area contributed by atoms with Crippen molar-refractivity contribution in [1.29, 1.82) is 0 Å². The topological polar surface area (TPSA) is 125 Å². The molecule has 0 rings (SSSR count). The number of unbranched alkanes of at least 4 members (excludes halogenated alkanes) is 7. The largest absolute Gasteiger partial charge is 0.391 e. The van der Waals surface area contributed by atoms with Crippen LogP contribution in [0.3, 0.4) is 0 Å². The molecule has 0 aliphatic carbocycles. The summed E-state index contributed by atoms with van der Waals surface area (Å²) >= 11 is 0.